The molecule has 0 radical (unpaired) electrons. The van der Waals surface area contributed by atoms with Crippen LogP contribution in [0.5, 0.6) is 0 Å². The fourth-order valence-corrected chi connectivity index (χ4v) is 2.52. The van der Waals surface area contributed by atoms with Crippen LogP contribution in [-0.4, -0.2) is 44.5 Å². The average molecular weight is 331 g/mol. The van der Waals surface area contributed by atoms with Gasteiger partial charge in [0, 0.05) is 17.1 Å². The smallest absolute Gasteiger partial charge is 0.252 e. The zero-order chi connectivity index (χ0) is 16.2. The van der Waals surface area contributed by atoms with Crippen molar-refractivity contribution in [1.82, 2.24) is 20.3 Å². The van der Waals surface area contributed by atoms with Gasteiger partial charge in [0.2, 0.25) is 0 Å². The van der Waals surface area contributed by atoms with Gasteiger partial charge in [-0.05, 0) is 18.2 Å². The van der Waals surface area contributed by atoms with Crippen molar-refractivity contribution in [3.63, 3.8) is 0 Å². The molecular formula is C14H13N5O3S. The molecular weight excluding hydrogens is 318 g/mol. The number of aliphatic hydroxyl groups excluding tert-OH is 1. The van der Waals surface area contributed by atoms with Crippen molar-refractivity contribution in [2.45, 2.75) is 6.04 Å². The zero-order valence-corrected chi connectivity index (χ0v) is 12.6. The fourth-order valence-electron chi connectivity index (χ4n) is 1.99. The van der Waals surface area contributed by atoms with Gasteiger partial charge in [0.1, 0.15) is 6.04 Å². The lowest BCUT2D eigenvalue weighted by molar-refractivity contribution is -0.118. The first-order valence-electron chi connectivity index (χ1n) is 6.72. The van der Waals surface area contributed by atoms with Crippen molar-refractivity contribution in [3.8, 4) is 0 Å². The molecule has 0 saturated carbocycles. The van der Waals surface area contributed by atoms with E-state index in [1.54, 1.807) is 29.8 Å². The first-order valence-corrected chi connectivity index (χ1v) is 7.60. The first-order chi connectivity index (χ1) is 11.2. The summed E-state index contributed by atoms with van der Waals surface area (Å²) in [6.07, 6.45) is 3.08. The van der Waals surface area contributed by atoms with Crippen LogP contribution in [0.1, 0.15) is 10.4 Å². The van der Waals surface area contributed by atoms with Gasteiger partial charge in [0.15, 0.2) is 5.13 Å². The number of thiazole rings is 1. The molecule has 0 fully saturated rings. The third kappa shape index (κ3) is 3.35. The summed E-state index contributed by atoms with van der Waals surface area (Å²) in [5.74, 6) is -0.992. The van der Waals surface area contributed by atoms with Crippen molar-refractivity contribution in [1.29, 1.82) is 0 Å². The number of aromatic nitrogens is 3. The van der Waals surface area contributed by atoms with E-state index in [0.717, 1.165) is 5.52 Å². The van der Waals surface area contributed by atoms with Crippen molar-refractivity contribution in [2.75, 3.05) is 11.9 Å². The van der Waals surface area contributed by atoms with Gasteiger partial charge in [0.05, 0.1) is 24.0 Å². The second-order valence-corrected chi connectivity index (χ2v) is 5.56. The Kier molecular flexibility index (Phi) is 4.31. The number of fused-ring (bicyclic) bond motifs is 1. The number of aromatic amines is 1. The van der Waals surface area contributed by atoms with Crippen LogP contribution in [0.4, 0.5) is 5.13 Å². The molecule has 8 nitrogen and oxygen atoms in total. The standard InChI is InChI=1S/C14H13N5O3S/c20-6-11(13(22)19-14-15-3-4-23-14)18-12(21)8-1-2-9-10(5-8)17-7-16-9/h1-5,7,11,20H,6H2,(H,16,17)(H,18,21)(H,15,19,22). The summed E-state index contributed by atoms with van der Waals surface area (Å²) >= 11 is 1.25. The minimum Gasteiger partial charge on any atom is -0.394 e. The van der Waals surface area contributed by atoms with Gasteiger partial charge in [-0.25, -0.2) is 9.97 Å². The minimum atomic E-state index is -1.07. The molecule has 0 aliphatic carbocycles. The van der Waals surface area contributed by atoms with Crippen molar-refractivity contribution in [2.24, 2.45) is 0 Å². The van der Waals surface area contributed by atoms with E-state index in [0.29, 0.717) is 16.2 Å². The fraction of sp³-hybridized carbons (Fsp3) is 0.143. The number of hydrogen-bond acceptors (Lipinski definition) is 6. The molecule has 3 rings (SSSR count). The predicted molar refractivity (Wildman–Crippen MR) is 85.2 cm³/mol. The Labute approximate surface area is 134 Å². The molecule has 2 aromatic heterocycles. The quantitative estimate of drug-likeness (QED) is 0.550. The van der Waals surface area contributed by atoms with Crippen LogP contribution >= 0.6 is 11.3 Å². The van der Waals surface area contributed by atoms with Gasteiger partial charge in [-0.15, -0.1) is 11.3 Å². The molecule has 1 unspecified atom stereocenters. The van der Waals surface area contributed by atoms with Crippen LogP contribution in [-0.2, 0) is 4.79 Å². The average Bonchev–Trinajstić information content (AvgIpc) is 3.22. The van der Waals surface area contributed by atoms with E-state index in [1.807, 2.05) is 0 Å². The number of nitrogens with zero attached hydrogens (tertiary/aromatic N) is 2. The predicted octanol–water partition coefficient (Wildman–Crippen LogP) is 0.749. The summed E-state index contributed by atoms with van der Waals surface area (Å²) in [6.45, 7) is -0.519. The van der Waals surface area contributed by atoms with E-state index in [4.69, 9.17) is 0 Å². The number of H-pyrrole nitrogens is 1. The Hall–Kier alpha value is -2.78. The molecule has 1 atom stereocenters. The van der Waals surface area contributed by atoms with Crippen molar-refractivity contribution >= 4 is 39.3 Å². The number of nitrogens with one attached hydrogen (secondary N) is 3. The van der Waals surface area contributed by atoms with Crippen molar-refractivity contribution in [3.05, 3.63) is 41.7 Å². The molecule has 0 aliphatic rings. The van der Waals surface area contributed by atoms with Crippen LogP contribution in [0.15, 0.2) is 36.1 Å². The molecule has 0 bridgehead atoms. The number of benzene rings is 1. The summed E-state index contributed by atoms with van der Waals surface area (Å²) in [5.41, 5.74) is 1.81. The number of imidazole rings is 1. The maximum absolute atomic E-state index is 12.2. The highest BCUT2D eigenvalue weighted by Crippen LogP contribution is 2.13. The number of carbonyl (C=O) groups excluding carboxylic acids is 2. The molecule has 0 aliphatic heterocycles. The lowest BCUT2D eigenvalue weighted by Gasteiger charge is -2.15. The Morgan fingerprint density at radius 3 is 2.96 bits per heavy atom. The molecule has 0 saturated heterocycles. The van der Waals surface area contributed by atoms with E-state index in [-0.39, 0.29) is 0 Å². The third-order valence-electron chi connectivity index (χ3n) is 3.15. The summed E-state index contributed by atoms with van der Waals surface area (Å²) in [5, 5.41) is 16.5. The molecule has 2 heterocycles. The molecule has 1 aromatic carbocycles. The van der Waals surface area contributed by atoms with Gasteiger partial charge in [-0.1, -0.05) is 0 Å². The van der Waals surface area contributed by atoms with Gasteiger partial charge >= 0.3 is 0 Å². The highest BCUT2D eigenvalue weighted by Gasteiger charge is 2.21. The van der Waals surface area contributed by atoms with Crippen LogP contribution in [0.25, 0.3) is 11.0 Å². The van der Waals surface area contributed by atoms with Crippen LogP contribution in [0.3, 0.4) is 0 Å². The monoisotopic (exact) mass is 331 g/mol. The van der Waals surface area contributed by atoms with E-state index in [2.05, 4.69) is 25.6 Å². The maximum atomic E-state index is 12.2. The lowest BCUT2D eigenvalue weighted by atomic mass is 10.1. The Morgan fingerprint density at radius 1 is 1.35 bits per heavy atom. The summed E-state index contributed by atoms with van der Waals surface area (Å²) < 4.78 is 0. The van der Waals surface area contributed by atoms with Crippen LogP contribution in [0.2, 0.25) is 0 Å². The highest BCUT2D eigenvalue weighted by atomic mass is 32.1. The topological polar surface area (TPSA) is 120 Å². The molecule has 9 heteroatoms. The summed E-state index contributed by atoms with van der Waals surface area (Å²) in [7, 11) is 0. The number of carbonyl (C=O) groups is 2. The third-order valence-corrected chi connectivity index (χ3v) is 3.84. The molecule has 23 heavy (non-hydrogen) atoms. The normalized spacial score (nSPS) is 12.0. The first kappa shape index (κ1) is 15.1. The van der Waals surface area contributed by atoms with E-state index >= 15 is 0 Å². The molecule has 2 amide bonds. The van der Waals surface area contributed by atoms with Crippen LogP contribution in [0, 0.1) is 0 Å². The lowest BCUT2D eigenvalue weighted by Crippen LogP contribution is -2.46. The Bertz CT molecular complexity index is 830. The number of rotatable bonds is 5. The summed E-state index contributed by atoms with van der Waals surface area (Å²) in [4.78, 5) is 35.2. The number of anilines is 1. The summed E-state index contributed by atoms with van der Waals surface area (Å²) in [6, 6.07) is 3.87. The molecule has 118 valence electrons. The van der Waals surface area contributed by atoms with E-state index in [9.17, 15) is 14.7 Å². The molecule has 4 N–H and O–H groups in total. The molecule has 0 spiro atoms. The number of hydrogen-bond donors (Lipinski definition) is 4. The second kappa shape index (κ2) is 6.55. The highest BCUT2D eigenvalue weighted by molar-refractivity contribution is 7.13. The van der Waals surface area contributed by atoms with E-state index < -0.39 is 24.5 Å². The van der Waals surface area contributed by atoms with Crippen LogP contribution < -0.4 is 10.6 Å². The number of aliphatic hydroxyl groups is 1. The van der Waals surface area contributed by atoms with Crippen molar-refractivity contribution < 1.29 is 14.7 Å². The van der Waals surface area contributed by atoms with Gasteiger partial charge in [-0.2, -0.15) is 0 Å². The Morgan fingerprint density at radius 2 is 2.22 bits per heavy atom. The SMILES string of the molecule is O=C(NC(CO)C(=O)Nc1nccs1)c1ccc2nc[nH]c2c1. The van der Waals surface area contributed by atoms with Gasteiger partial charge in [0.25, 0.3) is 11.8 Å². The maximum Gasteiger partial charge on any atom is 0.252 e. The molecule has 3 aromatic rings. The van der Waals surface area contributed by atoms with E-state index in [1.165, 1.54) is 17.7 Å². The minimum absolute atomic E-state index is 0.363. The zero-order valence-electron chi connectivity index (χ0n) is 11.8. The largest absolute Gasteiger partial charge is 0.394 e. The van der Waals surface area contributed by atoms with Gasteiger partial charge in [-0.3, -0.25) is 9.59 Å². The van der Waals surface area contributed by atoms with Gasteiger partial charge < -0.3 is 20.7 Å². The second-order valence-electron chi connectivity index (χ2n) is 4.67. The number of amides is 2. The Balaban J connectivity index is 1.70.